The van der Waals surface area contributed by atoms with Gasteiger partial charge in [0, 0.05) is 43.1 Å². The Balaban J connectivity index is 1.03. The van der Waals surface area contributed by atoms with Gasteiger partial charge in [0.05, 0.1) is 22.4 Å². The normalized spacial score (nSPS) is 12.2. The van der Waals surface area contributed by atoms with Gasteiger partial charge in [-0.25, -0.2) is 0 Å². The Bertz CT molecular complexity index is 3880. The fraction of sp³-hybridized carbons (Fsp3) is 0.0303. The fourth-order valence-corrected chi connectivity index (χ4v) is 11.9. The number of aromatic nitrogens is 1. The van der Waals surface area contributed by atoms with Crippen molar-refractivity contribution in [1.82, 2.24) is 4.57 Å². The molecular weight excluding hydrogens is 853 g/mol. The molecule has 0 fully saturated rings. The third kappa shape index (κ3) is 7.31. The van der Waals surface area contributed by atoms with Crippen LogP contribution in [0.5, 0.6) is 0 Å². The minimum atomic E-state index is 0.802. The Labute approximate surface area is 407 Å². The number of benzene rings is 11. The maximum absolute atomic E-state index is 2.49. The van der Waals surface area contributed by atoms with Crippen LogP contribution in [0.2, 0.25) is 0 Å². The third-order valence-corrected chi connectivity index (χ3v) is 15.2. The van der Waals surface area contributed by atoms with Gasteiger partial charge in [0.2, 0.25) is 0 Å². The number of fused-ring (bicyclic) bond motifs is 7. The molecule has 0 saturated heterocycles. The van der Waals surface area contributed by atoms with E-state index in [0.717, 1.165) is 35.6 Å². The summed E-state index contributed by atoms with van der Waals surface area (Å²) in [6.45, 7) is 0. The summed E-state index contributed by atoms with van der Waals surface area (Å²) in [5.41, 5.74) is 19.5. The van der Waals surface area contributed by atoms with E-state index < -0.39 is 0 Å². The highest BCUT2D eigenvalue weighted by atomic mass is 32.2. The van der Waals surface area contributed by atoms with E-state index in [1.165, 1.54) is 98.0 Å². The number of hydrogen-bond acceptors (Lipinski definition) is 2. The molecule has 0 bridgehead atoms. The molecule has 12 aromatic rings. The molecule has 0 aliphatic carbocycles. The monoisotopic (exact) mass is 898 g/mol. The lowest BCUT2D eigenvalue weighted by Gasteiger charge is -2.29. The molecular formula is C66H46N2S. The van der Waals surface area contributed by atoms with Crippen LogP contribution in [0.1, 0.15) is 22.3 Å². The van der Waals surface area contributed by atoms with Crippen LogP contribution < -0.4 is 4.90 Å². The summed E-state index contributed by atoms with van der Waals surface area (Å²) in [6, 6.07) is 94.0. The Morgan fingerprint density at radius 1 is 0.348 bits per heavy atom. The second-order valence-corrected chi connectivity index (χ2v) is 19.1. The Morgan fingerprint density at radius 2 is 0.913 bits per heavy atom. The summed E-state index contributed by atoms with van der Waals surface area (Å²) < 4.78 is 2.45. The lowest BCUT2D eigenvalue weighted by Crippen LogP contribution is -2.12. The number of nitrogens with zero attached hydrogens (tertiary/aromatic N) is 2. The second-order valence-electron chi connectivity index (χ2n) is 18.0. The molecule has 326 valence electrons. The molecule has 0 saturated carbocycles. The van der Waals surface area contributed by atoms with Crippen LogP contribution in [0.25, 0.3) is 71.6 Å². The van der Waals surface area contributed by atoms with Crippen LogP contribution >= 0.6 is 11.8 Å². The van der Waals surface area contributed by atoms with E-state index >= 15 is 0 Å². The maximum Gasteiger partial charge on any atom is 0.0542 e. The zero-order valence-corrected chi connectivity index (χ0v) is 38.8. The van der Waals surface area contributed by atoms with Crippen molar-refractivity contribution in [2.45, 2.75) is 22.6 Å². The minimum Gasteiger partial charge on any atom is -0.310 e. The first-order chi connectivity index (χ1) is 34.2. The Hall–Kier alpha value is -8.37. The molecule has 0 radical (unpaired) electrons. The smallest absolute Gasteiger partial charge is 0.0542 e. The van der Waals surface area contributed by atoms with Crippen LogP contribution in [-0.2, 0) is 12.8 Å². The number of para-hydroxylation sites is 3. The molecule has 11 aromatic carbocycles. The van der Waals surface area contributed by atoms with E-state index in [4.69, 9.17) is 0 Å². The first-order valence-corrected chi connectivity index (χ1v) is 24.7. The standard InChI is InChI=1S/C66H46N2S/c1-3-19-45(20-4-1)55-29-10-13-33-60(55)67(52-39-40-63-59(43-52)57-31-12-15-35-62(57)68(63)61-34-14-11-30-56(61)46-21-5-2-6-22-46)53-38-37-50-41-48-23-7-9-28-54(48)58-32-18-26-47-25-17-27-51(66(47)58)42-49-24-8-16-36-64(49)69-65(50)44-53/h1-40,43-44H,41-42H2. The molecule has 0 atom stereocenters. The molecule has 1 aromatic heterocycles. The van der Waals surface area contributed by atoms with Crippen LogP contribution in [-0.4, -0.2) is 4.57 Å². The molecule has 0 N–H and O–H groups in total. The quantitative estimate of drug-likeness (QED) is 0.164. The SMILES string of the molecule is c1ccc(-c2ccccc2N(c2ccc3c(c2)Sc2ccccc2Cc2cccc4cccc(c24)-c2ccccc2C3)c2ccc3c(c2)c2ccccc2n3-c2ccccc2-c2ccccc2)cc1. The van der Waals surface area contributed by atoms with Crippen LogP contribution in [0.15, 0.2) is 265 Å². The zero-order valence-electron chi connectivity index (χ0n) is 38.0. The van der Waals surface area contributed by atoms with Crippen molar-refractivity contribution in [3.05, 3.63) is 277 Å². The Kier molecular flexibility index (Phi) is 10.3. The molecule has 2 nitrogen and oxygen atoms in total. The highest BCUT2D eigenvalue weighted by molar-refractivity contribution is 7.99. The molecule has 69 heavy (non-hydrogen) atoms. The topological polar surface area (TPSA) is 8.17 Å². The van der Waals surface area contributed by atoms with Gasteiger partial charge < -0.3 is 9.47 Å². The van der Waals surface area contributed by atoms with Crippen molar-refractivity contribution in [2.24, 2.45) is 0 Å². The lowest BCUT2D eigenvalue weighted by molar-refractivity contribution is 1.10. The van der Waals surface area contributed by atoms with Crippen molar-refractivity contribution in [1.29, 1.82) is 0 Å². The van der Waals surface area contributed by atoms with Gasteiger partial charge in [0.1, 0.15) is 0 Å². The van der Waals surface area contributed by atoms with E-state index in [1.54, 1.807) is 0 Å². The van der Waals surface area contributed by atoms with Gasteiger partial charge in [-0.3, -0.25) is 0 Å². The molecule has 0 spiro atoms. The Morgan fingerprint density at radius 3 is 1.75 bits per heavy atom. The van der Waals surface area contributed by atoms with E-state index in [2.05, 4.69) is 264 Å². The van der Waals surface area contributed by atoms with Crippen molar-refractivity contribution in [2.75, 3.05) is 4.90 Å². The summed E-state index contributed by atoms with van der Waals surface area (Å²) in [4.78, 5) is 5.01. The predicted molar refractivity (Wildman–Crippen MR) is 292 cm³/mol. The molecule has 13 rings (SSSR count). The largest absolute Gasteiger partial charge is 0.310 e. The average Bonchev–Trinajstić information content (AvgIpc) is 3.74. The summed E-state index contributed by atoms with van der Waals surface area (Å²) >= 11 is 1.90. The number of rotatable bonds is 6. The number of anilines is 3. The van der Waals surface area contributed by atoms with Gasteiger partial charge in [0.25, 0.3) is 0 Å². The molecule has 0 amide bonds. The maximum atomic E-state index is 2.49. The van der Waals surface area contributed by atoms with Gasteiger partial charge in [-0.15, -0.1) is 0 Å². The summed E-state index contributed by atoms with van der Waals surface area (Å²) in [5.74, 6) is 0. The van der Waals surface area contributed by atoms with Gasteiger partial charge >= 0.3 is 0 Å². The van der Waals surface area contributed by atoms with Crippen molar-refractivity contribution in [3.63, 3.8) is 0 Å². The van der Waals surface area contributed by atoms with Gasteiger partial charge in [-0.05, 0) is 123 Å². The lowest BCUT2D eigenvalue weighted by atomic mass is 9.88. The molecule has 0 unspecified atom stereocenters. The summed E-state index contributed by atoms with van der Waals surface area (Å²) in [5, 5.41) is 5.04. The minimum absolute atomic E-state index is 0.802. The van der Waals surface area contributed by atoms with E-state index in [-0.39, 0.29) is 0 Å². The van der Waals surface area contributed by atoms with E-state index in [0.29, 0.717) is 0 Å². The highest BCUT2D eigenvalue weighted by Gasteiger charge is 2.23. The van der Waals surface area contributed by atoms with E-state index in [9.17, 15) is 0 Å². The van der Waals surface area contributed by atoms with Crippen molar-refractivity contribution >= 4 is 61.4 Å². The zero-order chi connectivity index (χ0) is 45.7. The van der Waals surface area contributed by atoms with Gasteiger partial charge in [-0.2, -0.15) is 0 Å². The second kappa shape index (κ2) is 17.4. The van der Waals surface area contributed by atoms with Crippen LogP contribution in [0, 0.1) is 0 Å². The average molecular weight is 899 g/mol. The summed E-state index contributed by atoms with van der Waals surface area (Å²) in [6.07, 6.45) is 1.64. The van der Waals surface area contributed by atoms with Crippen molar-refractivity contribution < 1.29 is 0 Å². The molecule has 2 heterocycles. The van der Waals surface area contributed by atoms with Gasteiger partial charge in [-0.1, -0.05) is 212 Å². The molecule has 1 aliphatic rings. The van der Waals surface area contributed by atoms with Crippen LogP contribution in [0.3, 0.4) is 0 Å². The predicted octanol–water partition coefficient (Wildman–Crippen LogP) is 18.1. The molecule has 3 heteroatoms. The first-order valence-electron chi connectivity index (χ1n) is 23.8. The van der Waals surface area contributed by atoms with E-state index in [1.807, 2.05) is 11.8 Å². The molecule has 1 aliphatic heterocycles. The first kappa shape index (κ1) is 40.9. The summed E-state index contributed by atoms with van der Waals surface area (Å²) in [7, 11) is 0. The van der Waals surface area contributed by atoms with Gasteiger partial charge in [0.15, 0.2) is 0 Å². The highest BCUT2D eigenvalue weighted by Crippen LogP contribution is 2.47. The third-order valence-electron chi connectivity index (χ3n) is 13.9. The van der Waals surface area contributed by atoms with Crippen molar-refractivity contribution in [3.8, 4) is 39.1 Å². The van der Waals surface area contributed by atoms with Crippen LogP contribution in [0.4, 0.5) is 17.1 Å². The fourth-order valence-electron chi connectivity index (χ4n) is 10.8. The number of hydrogen-bond donors (Lipinski definition) is 0.